The topological polar surface area (TPSA) is 63.9 Å². The fraction of sp³-hybridized carbons (Fsp3) is 0.130. The molecule has 0 saturated carbocycles. The number of carbonyl (C=O) groups is 1. The minimum absolute atomic E-state index is 0.240. The second-order valence-corrected chi connectivity index (χ2v) is 7.83. The van der Waals surface area contributed by atoms with Crippen molar-refractivity contribution in [2.75, 3.05) is 0 Å². The molecule has 0 spiro atoms. The number of halogens is 2. The van der Waals surface area contributed by atoms with Crippen LogP contribution in [0.2, 0.25) is 10.0 Å². The SMILES string of the molecule is O=C(c1cn(Cc2ccccc2)nn1)N(Cc1ccc(Cl)c(Cl)c1)Cc1ccccn1. The second kappa shape index (κ2) is 9.73. The molecule has 0 aliphatic heterocycles. The summed E-state index contributed by atoms with van der Waals surface area (Å²) in [7, 11) is 0. The maximum atomic E-state index is 13.3. The van der Waals surface area contributed by atoms with E-state index in [1.165, 1.54) is 0 Å². The molecular weight excluding hydrogens is 433 g/mol. The molecule has 0 fully saturated rings. The third-order valence-electron chi connectivity index (χ3n) is 4.67. The average Bonchev–Trinajstić information content (AvgIpc) is 3.25. The molecule has 0 bridgehead atoms. The summed E-state index contributed by atoms with van der Waals surface area (Å²) in [5.74, 6) is -0.240. The van der Waals surface area contributed by atoms with Crippen molar-refractivity contribution < 1.29 is 4.79 Å². The van der Waals surface area contributed by atoms with Crippen LogP contribution in [0.1, 0.15) is 27.3 Å². The Morgan fingerprint density at radius 1 is 0.903 bits per heavy atom. The van der Waals surface area contributed by atoms with Crippen LogP contribution < -0.4 is 0 Å². The van der Waals surface area contributed by atoms with Crippen LogP contribution in [0.3, 0.4) is 0 Å². The van der Waals surface area contributed by atoms with Crippen molar-refractivity contribution in [3.8, 4) is 0 Å². The number of aromatic nitrogens is 4. The Bertz CT molecular complexity index is 1170. The molecule has 4 aromatic rings. The fourth-order valence-electron chi connectivity index (χ4n) is 3.15. The molecule has 0 aliphatic rings. The number of carbonyl (C=O) groups excluding carboxylic acids is 1. The third kappa shape index (κ3) is 5.48. The van der Waals surface area contributed by atoms with Crippen molar-refractivity contribution in [2.45, 2.75) is 19.6 Å². The number of hydrogen-bond donors (Lipinski definition) is 0. The molecule has 2 aromatic carbocycles. The van der Waals surface area contributed by atoms with Gasteiger partial charge in [-0.25, -0.2) is 4.68 Å². The minimum Gasteiger partial charge on any atom is -0.327 e. The van der Waals surface area contributed by atoms with Gasteiger partial charge >= 0.3 is 0 Å². The Labute approximate surface area is 190 Å². The molecule has 8 heteroatoms. The highest BCUT2D eigenvalue weighted by Crippen LogP contribution is 2.24. The zero-order valence-corrected chi connectivity index (χ0v) is 18.0. The van der Waals surface area contributed by atoms with E-state index in [9.17, 15) is 4.79 Å². The first-order valence-electron chi connectivity index (χ1n) is 9.65. The van der Waals surface area contributed by atoms with E-state index in [2.05, 4.69) is 15.3 Å². The average molecular weight is 452 g/mol. The maximum Gasteiger partial charge on any atom is 0.276 e. The highest BCUT2D eigenvalue weighted by atomic mass is 35.5. The summed E-state index contributed by atoms with van der Waals surface area (Å²) in [6.45, 7) is 1.19. The van der Waals surface area contributed by atoms with Gasteiger partial charge in [-0.15, -0.1) is 5.10 Å². The lowest BCUT2D eigenvalue weighted by atomic mass is 10.2. The molecule has 0 unspecified atom stereocenters. The monoisotopic (exact) mass is 451 g/mol. The Hall–Kier alpha value is -3.22. The standard InChI is InChI=1S/C23H19Cl2N5O/c24-20-10-9-18(12-21(20)25)13-29(15-19-8-4-5-11-26-19)23(31)22-16-30(28-27-22)14-17-6-2-1-3-7-17/h1-12,16H,13-15H2. The molecule has 0 aliphatic carbocycles. The number of rotatable bonds is 7. The van der Waals surface area contributed by atoms with E-state index in [4.69, 9.17) is 23.2 Å². The van der Waals surface area contributed by atoms with Crippen molar-refractivity contribution in [3.63, 3.8) is 0 Å². The first-order valence-corrected chi connectivity index (χ1v) is 10.4. The highest BCUT2D eigenvalue weighted by Gasteiger charge is 2.21. The smallest absolute Gasteiger partial charge is 0.276 e. The first-order chi connectivity index (χ1) is 15.1. The summed E-state index contributed by atoms with van der Waals surface area (Å²) in [6.07, 6.45) is 3.36. The largest absolute Gasteiger partial charge is 0.327 e. The minimum atomic E-state index is -0.240. The van der Waals surface area contributed by atoms with Crippen LogP contribution >= 0.6 is 23.2 Å². The van der Waals surface area contributed by atoms with Gasteiger partial charge < -0.3 is 4.90 Å². The summed E-state index contributed by atoms with van der Waals surface area (Å²) < 4.78 is 1.65. The number of amides is 1. The van der Waals surface area contributed by atoms with Crippen LogP contribution in [-0.4, -0.2) is 30.8 Å². The molecule has 6 nitrogen and oxygen atoms in total. The van der Waals surface area contributed by atoms with Crippen LogP contribution in [0.5, 0.6) is 0 Å². The Morgan fingerprint density at radius 2 is 1.71 bits per heavy atom. The van der Waals surface area contributed by atoms with Crippen molar-refractivity contribution >= 4 is 29.1 Å². The lowest BCUT2D eigenvalue weighted by molar-refractivity contribution is 0.0721. The molecule has 2 aromatic heterocycles. The van der Waals surface area contributed by atoms with Gasteiger partial charge in [0, 0.05) is 12.7 Å². The van der Waals surface area contributed by atoms with Crippen molar-refractivity contribution in [1.82, 2.24) is 24.9 Å². The second-order valence-electron chi connectivity index (χ2n) is 7.02. The summed E-state index contributed by atoms with van der Waals surface area (Å²) >= 11 is 12.2. The van der Waals surface area contributed by atoms with Crippen LogP contribution in [0.4, 0.5) is 0 Å². The third-order valence-corrected chi connectivity index (χ3v) is 5.41. The van der Waals surface area contributed by atoms with Gasteiger partial charge in [0.1, 0.15) is 0 Å². The quantitative estimate of drug-likeness (QED) is 0.401. The molecule has 4 rings (SSSR count). The zero-order valence-electron chi connectivity index (χ0n) is 16.5. The predicted octanol–water partition coefficient (Wildman–Crippen LogP) is 4.87. The summed E-state index contributed by atoms with van der Waals surface area (Å²) in [5, 5.41) is 9.13. The zero-order chi connectivity index (χ0) is 21.6. The Kier molecular flexibility index (Phi) is 6.60. The van der Waals surface area contributed by atoms with Crippen molar-refractivity contribution in [2.24, 2.45) is 0 Å². The van der Waals surface area contributed by atoms with E-state index in [1.54, 1.807) is 34.1 Å². The van der Waals surface area contributed by atoms with Crippen LogP contribution in [0.25, 0.3) is 0 Å². The van der Waals surface area contributed by atoms with E-state index in [-0.39, 0.29) is 11.6 Å². The summed E-state index contributed by atoms with van der Waals surface area (Å²) in [6, 6.07) is 20.8. The lowest BCUT2D eigenvalue weighted by Crippen LogP contribution is -2.30. The predicted molar refractivity (Wildman–Crippen MR) is 120 cm³/mol. The normalized spacial score (nSPS) is 10.8. The van der Waals surface area contributed by atoms with Gasteiger partial charge in [0.05, 0.1) is 35.0 Å². The van der Waals surface area contributed by atoms with Gasteiger partial charge in [0.15, 0.2) is 5.69 Å². The number of hydrogen-bond acceptors (Lipinski definition) is 4. The Morgan fingerprint density at radius 3 is 2.45 bits per heavy atom. The number of benzene rings is 2. The van der Waals surface area contributed by atoms with E-state index in [0.29, 0.717) is 29.7 Å². The molecule has 31 heavy (non-hydrogen) atoms. The molecule has 1 amide bonds. The van der Waals surface area contributed by atoms with Gasteiger partial charge in [-0.3, -0.25) is 9.78 Å². The lowest BCUT2D eigenvalue weighted by Gasteiger charge is -2.21. The van der Waals surface area contributed by atoms with Gasteiger partial charge in [-0.1, -0.05) is 70.9 Å². The molecule has 0 radical (unpaired) electrons. The number of pyridine rings is 1. The van der Waals surface area contributed by atoms with Crippen molar-refractivity contribution in [3.05, 3.63) is 112 Å². The van der Waals surface area contributed by atoms with E-state index in [1.807, 2.05) is 54.6 Å². The van der Waals surface area contributed by atoms with E-state index >= 15 is 0 Å². The fourth-order valence-corrected chi connectivity index (χ4v) is 3.47. The van der Waals surface area contributed by atoms with Gasteiger partial charge in [-0.2, -0.15) is 0 Å². The summed E-state index contributed by atoms with van der Waals surface area (Å²) in [4.78, 5) is 19.3. The maximum absolute atomic E-state index is 13.3. The van der Waals surface area contributed by atoms with Gasteiger partial charge in [0.2, 0.25) is 0 Å². The van der Waals surface area contributed by atoms with Gasteiger partial charge in [-0.05, 0) is 35.4 Å². The Balaban J connectivity index is 1.56. The molecular formula is C23H19Cl2N5O. The molecule has 0 saturated heterocycles. The van der Waals surface area contributed by atoms with E-state index < -0.39 is 0 Å². The van der Waals surface area contributed by atoms with Gasteiger partial charge in [0.25, 0.3) is 5.91 Å². The number of nitrogens with zero attached hydrogens (tertiary/aromatic N) is 5. The first kappa shape index (κ1) is 21.0. The van der Waals surface area contributed by atoms with Crippen molar-refractivity contribution in [1.29, 1.82) is 0 Å². The molecule has 2 heterocycles. The molecule has 0 N–H and O–H groups in total. The van der Waals surface area contributed by atoms with Crippen LogP contribution in [0, 0.1) is 0 Å². The highest BCUT2D eigenvalue weighted by molar-refractivity contribution is 6.42. The van der Waals surface area contributed by atoms with Crippen LogP contribution in [0.15, 0.2) is 79.1 Å². The molecule has 0 atom stereocenters. The summed E-state index contributed by atoms with van der Waals surface area (Å²) in [5.41, 5.74) is 2.97. The van der Waals surface area contributed by atoms with Crippen LogP contribution in [-0.2, 0) is 19.6 Å². The molecule has 156 valence electrons. The van der Waals surface area contributed by atoms with E-state index in [0.717, 1.165) is 16.8 Å².